The van der Waals surface area contributed by atoms with Gasteiger partial charge in [0.05, 0.1) is 25.2 Å². The van der Waals surface area contributed by atoms with E-state index in [1.807, 2.05) is 0 Å². The van der Waals surface area contributed by atoms with E-state index in [1.54, 1.807) is 0 Å². The van der Waals surface area contributed by atoms with E-state index in [1.165, 1.54) is 11.1 Å². The van der Waals surface area contributed by atoms with Gasteiger partial charge >= 0.3 is 8.60 Å². The molecule has 1 unspecified atom stereocenters. The Bertz CT molecular complexity index is 1160. The topological polar surface area (TPSA) is 131 Å². The average molecular weight is 651 g/mol. The van der Waals surface area contributed by atoms with Gasteiger partial charge in [0, 0.05) is 16.7 Å². The number of hydrogen-bond acceptors (Lipinski definition) is 7. The van der Waals surface area contributed by atoms with Crippen LogP contribution in [0.1, 0.15) is 142 Å². The van der Waals surface area contributed by atoms with E-state index in [4.69, 9.17) is 19.4 Å². The van der Waals surface area contributed by atoms with Crippen LogP contribution in [0.25, 0.3) is 0 Å². The molecule has 0 amide bonds. The van der Waals surface area contributed by atoms with E-state index in [2.05, 4.69) is 121 Å². The molecule has 0 saturated carbocycles. The third-order valence-electron chi connectivity index (χ3n) is 8.44. The first-order valence-corrected chi connectivity index (χ1v) is 17.3. The van der Waals surface area contributed by atoms with E-state index < -0.39 is 39.9 Å². The lowest BCUT2D eigenvalue weighted by molar-refractivity contribution is -0.0761. The first kappa shape index (κ1) is 41.5. The summed E-state index contributed by atoms with van der Waals surface area (Å²) in [5.74, 6) is 0.784. The van der Waals surface area contributed by atoms with Gasteiger partial charge in [0.2, 0.25) is 0 Å². The van der Waals surface area contributed by atoms with Gasteiger partial charge in [-0.3, -0.25) is 0 Å². The van der Waals surface area contributed by atoms with E-state index in [-0.39, 0.29) is 21.7 Å². The molecule has 0 fully saturated rings. The van der Waals surface area contributed by atoms with Crippen LogP contribution in [-0.4, -0.2) is 49.8 Å². The summed E-state index contributed by atoms with van der Waals surface area (Å²) in [5.41, 5.74) is 5.60. The summed E-state index contributed by atoms with van der Waals surface area (Å²) in [7, 11) is -2.62. The van der Waals surface area contributed by atoms with Gasteiger partial charge in [-0.05, 0) is 56.8 Å². The molecular formula is C37H63O7P. The number of aliphatic hydroxyl groups is 3. The van der Waals surface area contributed by atoms with Crippen molar-refractivity contribution in [1.29, 1.82) is 0 Å². The Balaban J connectivity index is 0.00000238. The fraction of sp³-hybridized carbons (Fsp3) is 0.676. The Morgan fingerprint density at radius 3 is 1.04 bits per heavy atom. The standard InChI is InChI=1S/C37H60O4.H3O3P/c1-15-24-17-26(33(3,4)5)30(27(18-24)34(6,7)8)32(37(21-38,22-39)23-40)41-31-28(35(9,10)11)19-25(16-2)20-29(31)36(12,13)14;1-4(2)3/h17-20,32,38-40H,15-16,21-23H2,1-14H3;1-3H. The van der Waals surface area contributed by atoms with Crippen LogP contribution in [0.2, 0.25) is 0 Å². The molecule has 2 aromatic rings. The third-order valence-corrected chi connectivity index (χ3v) is 8.44. The molecule has 0 aliphatic heterocycles. The molecule has 2 aromatic carbocycles. The Morgan fingerprint density at radius 1 is 0.556 bits per heavy atom. The van der Waals surface area contributed by atoms with Crippen LogP contribution >= 0.6 is 8.60 Å². The van der Waals surface area contributed by atoms with Gasteiger partial charge in [0.15, 0.2) is 0 Å². The molecule has 258 valence electrons. The van der Waals surface area contributed by atoms with Crippen LogP contribution in [0.3, 0.4) is 0 Å². The fourth-order valence-electron chi connectivity index (χ4n) is 5.58. The smallest absolute Gasteiger partial charge is 0.324 e. The maximum absolute atomic E-state index is 10.9. The number of hydrogen-bond donors (Lipinski definition) is 6. The summed E-state index contributed by atoms with van der Waals surface area (Å²) in [4.78, 5) is 21.7. The minimum absolute atomic E-state index is 0.225. The van der Waals surface area contributed by atoms with Crippen molar-refractivity contribution < 1.29 is 34.7 Å². The van der Waals surface area contributed by atoms with E-state index in [9.17, 15) is 15.3 Å². The number of benzene rings is 2. The summed E-state index contributed by atoms with van der Waals surface area (Å²) in [6, 6.07) is 9.01. The lowest BCUT2D eigenvalue weighted by Gasteiger charge is -2.43. The molecule has 0 aliphatic carbocycles. The zero-order valence-electron chi connectivity index (χ0n) is 30.5. The summed E-state index contributed by atoms with van der Waals surface area (Å²) in [5, 5.41) is 32.7. The Labute approximate surface area is 274 Å². The molecule has 0 radical (unpaired) electrons. The van der Waals surface area contributed by atoms with Gasteiger partial charge in [0.25, 0.3) is 0 Å². The van der Waals surface area contributed by atoms with Crippen LogP contribution in [-0.2, 0) is 34.5 Å². The van der Waals surface area contributed by atoms with Gasteiger partial charge in [-0.15, -0.1) is 0 Å². The maximum Gasteiger partial charge on any atom is 0.324 e. The molecule has 7 nitrogen and oxygen atoms in total. The largest absolute Gasteiger partial charge is 0.484 e. The Hall–Kier alpha value is -1.57. The summed E-state index contributed by atoms with van der Waals surface area (Å²) in [6.07, 6.45) is 1.00. The normalized spacial score (nSPS) is 13.9. The predicted octanol–water partition coefficient (Wildman–Crippen LogP) is 7.28. The fourth-order valence-corrected chi connectivity index (χ4v) is 5.58. The molecular weight excluding hydrogens is 587 g/mol. The zero-order valence-corrected chi connectivity index (χ0v) is 31.4. The van der Waals surface area contributed by atoms with Crippen molar-refractivity contribution in [3.63, 3.8) is 0 Å². The first-order valence-electron chi connectivity index (χ1n) is 16.1. The lowest BCUT2D eigenvalue weighted by atomic mass is 9.68. The molecule has 0 spiro atoms. The second-order valence-corrected chi connectivity index (χ2v) is 17.0. The highest BCUT2D eigenvalue weighted by Gasteiger charge is 2.46. The molecule has 1 atom stereocenters. The monoisotopic (exact) mass is 650 g/mol. The van der Waals surface area contributed by atoms with Crippen molar-refractivity contribution >= 4 is 8.60 Å². The molecule has 0 saturated heterocycles. The average Bonchev–Trinajstić information content (AvgIpc) is 2.90. The minimum atomic E-state index is -2.62. The van der Waals surface area contributed by atoms with Gasteiger partial charge in [0.1, 0.15) is 11.9 Å². The van der Waals surface area contributed by atoms with Gasteiger partial charge < -0.3 is 34.7 Å². The third kappa shape index (κ3) is 10.5. The van der Waals surface area contributed by atoms with Crippen molar-refractivity contribution in [3.05, 3.63) is 63.2 Å². The van der Waals surface area contributed by atoms with Crippen LogP contribution in [0.15, 0.2) is 24.3 Å². The first-order chi connectivity index (χ1) is 20.3. The van der Waals surface area contributed by atoms with Crippen LogP contribution in [0.5, 0.6) is 5.75 Å². The van der Waals surface area contributed by atoms with E-state index >= 15 is 0 Å². The Morgan fingerprint density at radius 2 is 0.822 bits per heavy atom. The maximum atomic E-state index is 10.9. The molecule has 0 bridgehead atoms. The SMILES string of the molecule is CCc1cc(C(C)(C)C)c(OC(c2c(C(C)(C)C)cc(CC)cc2C(C)(C)C)C(CO)(CO)CO)c(C(C)(C)C)c1.OP(O)O. The summed E-state index contributed by atoms with van der Waals surface area (Å²) >= 11 is 0. The molecule has 45 heavy (non-hydrogen) atoms. The Kier molecular flexibility index (Phi) is 14.3. The van der Waals surface area contributed by atoms with E-state index in [0.717, 1.165) is 46.4 Å². The van der Waals surface area contributed by atoms with Crippen molar-refractivity contribution in [1.82, 2.24) is 0 Å². The highest BCUT2D eigenvalue weighted by atomic mass is 31.2. The van der Waals surface area contributed by atoms with Gasteiger partial charge in [-0.1, -0.05) is 121 Å². The van der Waals surface area contributed by atoms with Crippen molar-refractivity contribution in [2.45, 2.75) is 138 Å². The lowest BCUT2D eigenvalue weighted by Crippen LogP contribution is -2.45. The predicted molar refractivity (Wildman–Crippen MR) is 187 cm³/mol. The zero-order chi connectivity index (χ0) is 35.3. The van der Waals surface area contributed by atoms with Crippen LogP contribution < -0.4 is 4.74 Å². The van der Waals surface area contributed by atoms with Crippen molar-refractivity contribution in [2.75, 3.05) is 19.8 Å². The molecule has 0 aliphatic rings. The second-order valence-electron chi connectivity index (χ2n) is 16.4. The highest BCUT2D eigenvalue weighted by molar-refractivity contribution is 7.38. The van der Waals surface area contributed by atoms with Crippen LogP contribution in [0, 0.1) is 5.41 Å². The summed E-state index contributed by atoms with van der Waals surface area (Å²) in [6.45, 7) is 29.5. The number of ether oxygens (including phenoxy) is 1. The van der Waals surface area contributed by atoms with Gasteiger partial charge in [-0.25, -0.2) is 0 Å². The number of aryl methyl sites for hydroxylation is 2. The van der Waals surface area contributed by atoms with Crippen molar-refractivity contribution in [2.24, 2.45) is 5.41 Å². The molecule has 2 rings (SSSR count). The van der Waals surface area contributed by atoms with Crippen LogP contribution in [0.4, 0.5) is 0 Å². The minimum Gasteiger partial charge on any atom is -0.484 e. The van der Waals surface area contributed by atoms with Crippen molar-refractivity contribution in [3.8, 4) is 5.75 Å². The number of aliphatic hydroxyl groups excluding tert-OH is 3. The summed E-state index contributed by atoms with van der Waals surface area (Å²) < 4.78 is 7.32. The highest BCUT2D eigenvalue weighted by Crippen LogP contribution is 2.50. The van der Waals surface area contributed by atoms with Gasteiger partial charge in [-0.2, -0.15) is 0 Å². The van der Waals surface area contributed by atoms with E-state index in [0.29, 0.717) is 0 Å². The molecule has 6 N–H and O–H groups in total. The molecule has 0 heterocycles. The quantitative estimate of drug-likeness (QED) is 0.157. The molecule has 0 aromatic heterocycles. The second kappa shape index (κ2) is 15.6. The number of rotatable bonds is 9. The molecule has 8 heteroatoms.